The number of amides is 1. The van der Waals surface area contributed by atoms with Crippen LogP contribution in [-0.2, 0) is 4.79 Å². The average Bonchev–Trinajstić information content (AvgIpc) is 2.88. The highest BCUT2D eigenvalue weighted by atomic mass is 79.9. The number of carbonyl (C=O) groups excluding carboxylic acids is 1. The molecular formula is C12H20BrNO. The molecule has 0 aromatic heterocycles. The highest BCUT2D eigenvalue weighted by molar-refractivity contribution is 9.09. The topological polar surface area (TPSA) is 20.3 Å². The molecule has 2 unspecified atom stereocenters. The summed E-state index contributed by atoms with van der Waals surface area (Å²) in [6, 6.07) is 0. The smallest absolute Gasteiger partial charge is 0.223 e. The summed E-state index contributed by atoms with van der Waals surface area (Å²) >= 11 is 3.67. The van der Waals surface area contributed by atoms with Crippen LogP contribution in [0.25, 0.3) is 0 Å². The van der Waals surface area contributed by atoms with Crippen LogP contribution in [0.5, 0.6) is 0 Å². The number of likely N-dealkylation sites (tertiary alicyclic amines) is 1. The molecule has 0 N–H and O–H groups in total. The molecule has 0 aromatic carbocycles. The second-order valence-electron chi connectivity index (χ2n) is 5.61. The van der Waals surface area contributed by atoms with Gasteiger partial charge in [0.05, 0.1) is 0 Å². The minimum atomic E-state index is 0.353. The van der Waals surface area contributed by atoms with Gasteiger partial charge in [-0.15, -0.1) is 0 Å². The molecule has 3 heteroatoms. The van der Waals surface area contributed by atoms with E-state index in [-0.39, 0.29) is 0 Å². The zero-order valence-corrected chi connectivity index (χ0v) is 11.2. The Morgan fingerprint density at radius 3 is 2.73 bits per heavy atom. The SMILES string of the molecule is CC1CN(C(=O)CC2(C)CC2)CCC1Br. The average molecular weight is 274 g/mol. The van der Waals surface area contributed by atoms with Gasteiger partial charge in [0, 0.05) is 24.3 Å². The van der Waals surface area contributed by atoms with E-state index in [9.17, 15) is 4.79 Å². The number of alkyl halides is 1. The standard InChI is InChI=1S/C12H20BrNO/c1-9-8-14(6-3-10(9)13)11(15)7-12(2)4-5-12/h9-10H,3-8H2,1-2H3. The summed E-state index contributed by atoms with van der Waals surface area (Å²) in [4.78, 5) is 14.7. The Hall–Kier alpha value is -0.0500. The summed E-state index contributed by atoms with van der Waals surface area (Å²) < 4.78 is 0. The molecule has 2 fully saturated rings. The summed E-state index contributed by atoms with van der Waals surface area (Å²) in [6.45, 7) is 6.32. The molecule has 1 saturated carbocycles. The van der Waals surface area contributed by atoms with Gasteiger partial charge in [0.1, 0.15) is 0 Å². The summed E-state index contributed by atoms with van der Waals surface area (Å²) in [5.74, 6) is 0.968. The maximum absolute atomic E-state index is 12.0. The van der Waals surface area contributed by atoms with Crippen LogP contribution in [-0.4, -0.2) is 28.7 Å². The van der Waals surface area contributed by atoms with Gasteiger partial charge in [0.15, 0.2) is 0 Å². The lowest BCUT2D eigenvalue weighted by atomic mass is 9.98. The fourth-order valence-electron chi connectivity index (χ4n) is 2.21. The Bertz CT molecular complexity index is 262. The van der Waals surface area contributed by atoms with Crippen LogP contribution in [0.15, 0.2) is 0 Å². The quantitative estimate of drug-likeness (QED) is 0.709. The molecule has 0 bridgehead atoms. The van der Waals surface area contributed by atoms with Gasteiger partial charge < -0.3 is 4.90 Å². The first kappa shape index (κ1) is 11.4. The Kier molecular flexibility index (Phi) is 3.11. The molecular weight excluding hydrogens is 254 g/mol. The molecule has 1 aliphatic carbocycles. The molecule has 15 heavy (non-hydrogen) atoms. The Morgan fingerprint density at radius 2 is 2.20 bits per heavy atom. The zero-order valence-electron chi connectivity index (χ0n) is 9.63. The maximum atomic E-state index is 12.0. The number of hydrogen-bond donors (Lipinski definition) is 0. The number of hydrogen-bond acceptors (Lipinski definition) is 1. The van der Waals surface area contributed by atoms with Crippen molar-refractivity contribution in [3.8, 4) is 0 Å². The van der Waals surface area contributed by atoms with Crippen LogP contribution in [0, 0.1) is 11.3 Å². The fourth-order valence-corrected chi connectivity index (χ4v) is 2.58. The van der Waals surface area contributed by atoms with E-state index in [1.54, 1.807) is 0 Å². The maximum Gasteiger partial charge on any atom is 0.223 e. The molecule has 1 aliphatic heterocycles. The number of carbonyl (C=O) groups is 1. The second kappa shape index (κ2) is 4.08. The van der Waals surface area contributed by atoms with Crippen molar-refractivity contribution in [2.45, 2.75) is 44.4 Å². The molecule has 2 nitrogen and oxygen atoms in total. The van der Waals surface area contributed by atoms with E-state index >= 15 is 0 Å². The Labute approximate surface area is 101 Å². The first-order valence-electron chi connectivity index (χ1n) is 5.92. The van der Waals surface area contributed by atoms with Gasteiger partial charge in [0.2, 0.25) is 5.91 Å². The first-order valence-corrected chi connectivity index (χ1v) is 6.84. The number of halogens is 1. The van der Waals surface area contributed by atoms with Gasteiger partial charge in [0.25, 0.3) is 0 Å². The lowest BCUT2D eigenvalue weighted by Gasteiger charge is -2.35. The van der Waals surface area contributed by atoms with Gasteiger partial charge in [-0.1, -0.05) is 29.8 Å². The number of rotatable bonds is 2. The third-order valence-electron chi connectivity index (χ3n) is 3.83. The highest BCUT2D eigenvalue weighted by Gasteiger charge is 2.40. The number of piperidine rings is 1. The molecule has 86 valence electrons. The van der Waals surface area contributed by atoms with Crippen LogP contribution in [0.3, 0.4) is 0 Å². The van der Waals surface area contributed by atoms with E-state index < -0.39 is 0 Å². The lowest BCUT2D eigenvalue weighted by molar-refractivity contribution is -0.133. The molecule has 1 saturated heterocycles. The van der Waals surface area contributed by atoms with Gasteiger partial charge >= 0.3 is 0 Å². The van der Waals surface area contributed by atoms with Gasteiger partial charge in [-0.2, -0.15) is 0 Å². The predicted octanol–water partition coefficient (Wildman–Crippen LogP) is 2.81. The largest absolute Gasteiger partial charge is 0.342 e. The van der Waals surface area contributed by atoms with Crippen molar-refractivity contribution in [2.75, 3.05) is 13.1 Å². The summed E-state index contributed by atoms with van der Waals surface area (Å²) in [6.07, 6.45) is 4.35. The molecule has 2 rings (SSSR count). The predicted molar refractivity (Wildman–Crippen MR) is 65.0 cm³/mol. The minimum absolute atomic E-state index is 0.353. The van der Waals surface area contributed by atoms with Gasteiger partial charge in [-0.25, -0.2) is 0 Å². The van der Waals surface area contributed by atoms with Crippen LogP contribution in [0.1, 0.15) is 39.5 Å². The van der Waals surface area contributed by atoms with Crippen LogP contribution >= 0.6 is 15.9 Å². The normalized spacial score (nSPS) is 33.9. The van der Waals surface area contributed by atoms with Crippen molar-refractivity contribution in [1.82, 2.24) is 4.90 Å². The number of nitrogens with zero attached hydrogens (tertiary/aromatic N) is 1. The molecule has 0 aromatic rings. The monoisotopic (exact) mass is 273 g/mol. The Morgan fingerprint density at radius 1 is 1.53 bits per heavy atom. The molecule has 0 radical (unpaired) electrons. The second-order valence-corrected chi connectivity index (χ2v) is 6.79. The summed E-state index contributed by atoms with van der Waals surface area (Å²) in [5, 5.41) is 0. The van der Waals surface area contributed by atoms with Crippen LogP contribution < -0.4 is 0 Å². The summed E-state index contributed by atoms with van der Waals surface area (Å²) in [5.41, 5.74) is 0.353. The fraction of sp³-hybridized carbons (Fsp3) is 0.917. The van der Waals surface area contributed by atoms with Crippen molar-refractivity contribution in [2.24, 2.45) is 11.3 Å². The van der Waals surface area contributed by atoms with E-state index in [1.165, 1.54) is 12.8 Å². The van der Waals surface area contributed by atoms with E-state index in [0.29, 0.717) is 22.1 Å². The Balaban J connectivity index is 1.85. The molecule has 0 spiro atoms. The molecule has 1 heterocycles. The van der Waals surface area contributed by atoms with Crippen LogP contribution in [0.4, 0.5) is 0 Å². The highest BCUT2D eigenvalue weighted by Crippen LogP contribution is 2.48. The summed E-state index contributed by atoms with van der Waals surface area (Å²) in [7, 11) is 0. The van der Waals surface area contributed by atoms with Crippen molar-refractivity contribution in [1.29, 1.82) is 0 Å². The van der Waals surface area contributed by atoms with E-state index in [4.69, 9.17) is 0 Å². The van der Waals surface area contributed by atoms with Crippen molar-refractivity contribution in [3.63, 3.8) is 0 Å². The third-order valence-corrected chi connectivity index (χ3v) is 5.20. The van der Waals surface area contributed by atoms with Crippen molar-refractivity contribution in [3.05, 3.63) is 0 Å². The third kappa shape index (κ3) is 2.74. The zero-order chi connectivity index (χ0) is 11.1. The lowest BCUT2D eigenvalue weighted by Crippen LogP contribution is -2.43. The first-order chi connectivity index (χ1) is 7.00. The van der Waals surface area contributed by atoms with E-state index in [1.807, 2.05) is 0 Å². The van der Waals surface area contributed by atoms with Crippen LogP contribution in [0.2, 0.25) is 0 Å². The van der Waals surface area contributed by atoms with E-state index in [2.05, 4.69) is 34.7 Å². The molecule has 1 amide bonds. The van der Waals surface area contributed by atoms with Gasteiger partial charge in [-0.3, -0.25) is 4.79 Å². The molecule has 2 atom stereocenters. The van der Waals surface area contributed by atoms with Crippen molar-refractivity contribution >= 4 is 21.8 Å². The minimum Gasteiger partial charge on any atom is -0.342 e. The van der Waals surface area contributed by atoms with Gasteiger partial charge in [-0.05, 0) is 30.6 Å². The molecule has 2 aliphatic rings. The van der Waals surface area contributed by atoms with E-state index in [0.717, 1.165) is 25.9 Å². The van der Waals surface area contributed by atoms with Crippen molar-refractivity contribution < 1.29 is 4.79 Å².